The highest BCUT2D eigenvalue weighted by molar-refractivity contribution is 6.21. The maximum atomic E-state index is 12.0. The lowest BCUT2D eigenvalue weighted by molar-refractivity contribution is 0.0649. The van der Waals surface area contributed by atoms with E-state index in [1.807, 2.05) is 6.92 Å². The van der Waals surface area contributed by atoms with Crippen molar-refractivity contribution in [2.24, 2.45) is 0 Å². The molecule has 0 saturated heterocycles. The molecule has 0 spiro atoms. The Morgan fingerprint density at radius 3 is 2.21 bits per heavy atom. The zero-order valence-electron chi connectivity index (χ0n) is 11.1. The molecule has 0 bridgehead atoms. The van der Waals surface area contributed by atoms with Gasteiger partial charge in [0.05, 0.1) is 17.2 Å². The van der Waals surface area contributed by atoms with E-state index in [1.165, 1.54) is 4.90 Å². The van der Waals surface area contributed by atoms with Crippen LogP contribution in [0.3, 0.4) is 0 Å². The van der Waals surface area contributed by atoms with Crippen LogP contribution >= 0.6 is 0 Å². The van der Waals surface area contributed by atoms with Gasteiger partial charge in [0.1, 0.15) is 0 Å². The molecule has 1 unspecified atom stereocenters. The van der Waals surface area contributed by atoms with Crippen molar-refractivity contribution in [3.8, 4) is 0 Å². The second kappa shape index (κ2) is 5.97. The number of hydrogen-bond donors (Lipinski definition) is 1. The number of hydrogen-bond acceptors (Lipinski definition) is 3. The molecular formula is C15H19NO3. The van der Waals surface area contributed by atoms with Crippen molar-refractivity contribution >= 4 is 11.8 Å². The largest absolute Gasteiger partial charge is 0.393 e. The van der Waals surface area contributed by atoms with Crippen molar-refractivity contribution < 1.29 is 14.7 Å². The Morgan fingerprint density at radius 2 is 1.68 bits per heavy atom. The number of benzene rings is 1. The summed E-state index contributed by atoms with van der Waals surface area (Å²) in [6.45, 7) is 2.37. The van der Waals surface area contributed by atoms with Crippen LogP contribution in [0, 0.1) is 0 Å². The van der Waals surface area contributed by atoms with Crippen molar-refractivity contribution in [1.82, 2.24) is 4.90 Å². The standard InChI is InChI=1S/C15H19NO3/c1-2-11(17)7-5-6-10-16-14(18)12-8-3-4-9-13(12)15(16)19/h3-4,8-9,11,17H,2,5-7,10H2,1H3. The summed E-state index contributed by atoms with van der Waals surface area (Å²) in [7, 11) is 0. The Hall–Kier alpha value is -1.68. The van der Waals surface area contributed by atoms with Gasteiger partial charge in [-0.25, -0.2) is 0 Å². The Kier molecular flexibility index (Phi) is 4.32. The van der Waals surface area contributed by atoms with Gasteiger partial charge < -0.3 is 5.11 Å². The second-order valence-electron chi connectivity index (χ2n) is 4.87. The molecule has 4 heteroatoms. The minimum atomic E-state index is -0.276. The Labute approximate surface area is 113 Å². The van der Waals surface area contributed by atoms with Gasteiger partial charge in [0.2, 0.25) is 0 Å². The Balaban J connectivity index is 1.90. The van der Waals surface area contributed by atoms with E-state index in [0.29, 0.717) is 17.7 Å². The van der Waals surface area contributed by atoms with Crippen LogP contribution in [-0.4, -0.2) is 34.5 Å². The highest BCUT2D eigenvalue weighted by Crippen LogP contribution is 2.22. The fraction of sp³-hybridized carbons (Fsp3) is 0.467. The second-order valence-corrected chi connectivity index (χ2v) is 4.87. The van der Waals surface area contributed by atoms with E-state index in [-0.39, 0.29) is 17.9 Å². The van der Waals surface area contributed by atoms with E-state index >= 15 is 0 Å². The van der Waals surface area contributed by atoms with E-state index < -0.39 is 0 Å². The first-order chi connectivity index (χ1) is 9.15. The lowest BCUT2D eigenvalue weighted by atomic mass is 10.1. The lowest BCUT2D eigenvalue weighted by Crippen LogP contribution is -2.30. The van der Waals surface area contributed by atoms with E-state index in [4.69, 9.17) is 0 Å². The van der Waals surface area contributed by atoms with Crippen LogP contribution in [0.2, 0.25) is 0 Å². The molecule has 1 N–H and O–H groups in total. The molecule has 1 aliphatic rings. The van der Waals surface area contributed by atoms with Crippen LogP contribution in [0.15, 0.2) is 24.3 Å². The summed E-state index contributed by atoms with van der Waals surface area (Å²) < 4.78 is 0. The fourth-order valence-corrected chi connectivity index (χ4v) is 2.30. The molecule has 2 rings (SSSR count). The average Bonchev–Trinajstić information content (AvgIpc) is 2.68. The number of aliphatic hydroxyl groups excluding tert-OH is 1. The first-order valence-corrected chi connectivity index (χ1v) is 6.78. The molecule has 19 heavy (non-hydrogen) atoms. The molecule has 4 nitrogen and oxygen atoms in total. The highest BCUT2D eigenvalue weighted by Gasteiger charge is 2.34. The molecule has 102 valence electrons. The topological polar surface area (TPSA) is 57.6 Å². The number of fused-ring (bicyclic) bond motifs is 1. The highest BCUT2D eigenvalue weighted by atomic mass is 16.3. The van der Waals surface area contributed by atoms with Gasteiger partial charge in [-0.1, -0.05) is 19.1 Å². The quantitative estimate of drug-likeness (QED) is 0.631. The molecule has 0 aromatic heterocycles. The summed E-state index contributed by atoms with van der Waals surface area (Å²) in [5.74, 6) is -0.395. The molecular weight excluding hydrogens is 242 g/mol. The summed E-state index contributed by atoms with van der Waals surface area (Å²) >= 11 is 0. The molecule has 0 radical (unpaired) electrons. The fourth-order valence-electron chi connectivity index (χ4n) is 2.30. The van der Waals surface area contributed by atoms with Gasteiger partial charge in [-0.05, 0) is 37.8 Å². The molecule has 0 aliphatic carbocycles. The van der Waals surface area contributed by atoms with E-state index in [1.54, 1.807) is 24.3 Å². The Morgan fingerprint density at radius 1 is 1.11 bits per heavy atom. The van der Waals surface area contributed by atoms with Gasteiger partial charge in [0.25, 0.3) is 11.8 Å². The van der Waals surface area contributed by atoms with E-state index in [9.17, 15) is 14.7 Å². The summed E-state index contributed by atoms with van der Waals surface area (Å²) in [6, 6.07) is 6.92. The third-order valence-corrected chi connectivity index (χ3v) is 3.52. The van der Waals surface area contributed by atoms with Crippen LogP contribution in [-0.2, 0) is 0 Å². The molecule has 0 saturated carbocycles. The molecule has 0 fully saturated rings. The predicted octanol–water partition coefficient (Wildman–Crippen LogP) is 2.22. The summed E-state index contributed by atoms with van der Waals surface area (Å²) in [5.41, 5.74) is 1.00. The third-order valence-electron chi connectivity index (χ3n) is 3.52. The van der Waals surface area contributed by atoms with Gasteiger partial charge in [0.15, 0.2) is 0 Å². The maximum absolute atomic E-state index is 12.0. The number of carbonyl (C=O) groups is 2. The molecule has 1 aromatic rings. The van der Waals surface area contributed by atoms with Crippen molar-refractivity contribution in [2.45, 2.75) is 38.7 Å². The van der Waals surface area contributed by atoms with E-state index in [2.05, 4.69) is 0 Å². The molecule has 1 aromatic carbocycles. The number of amides is 2. The zero-order chi connectivity index (χ0) is 13.8. The molecule has 1 atom stereocenters. The minimum Gasteiger partial charge on any atom is -0.393 e. The Bertz CT molecular complexity index is 449. The zero-order valence-corrected chi connectivity index (χ0v) is 11.1. The van der Waals surface area contributed by atoms with E-state index in [0.717, 1.165) is 25.7 Å². The molecule has 1 aliphatic heterocycles. The summed E-state index contributed by atoms with van der Waals surface area (Å²) in [5, 5.41) is 9.45. The van der Waals surface area contributed by atoms with Crippen molar-refractivity contribution in [2.75, 3.05) is 6.54 Å². The first-order valence-electron chi connectivity index (χ1n) is 6.78. The van der Waals surface area contributed by atoms with Gasteiger partial charge >= 0.3 is 0 Å². The smallest absolute Gasteiger partial charge is 0.261 e. The van der Waals surface area contributed by atoms with Gasteiger partial charge in [0, 0.05) is 6.54 Å². The first kappa shape index (κ1) is 13.7. The summed E-state index contributed by atoms with van der Waals surface area (Å²) in [6.07, 6.45) is 2.75. The molecule has 2 amide bonds. The third kappa shape index (κ3) is 2.84. The van der Waals surface area contributed by atoms with Gasteiger partial charge in [-0.3, -0.25) is 14.5 Å². The van der Waals surface area contributed by atoms with Crippen LogP contribution < -0.4 is 0 Å². The number of carbonyl (C=O) groups excluding carboxylic acids is 2. The normalized spacial score (nSPS) is 15.8. The van der Waals surface area contributed by atoms with Crippen LogP contribution in [0.4, 0.5) is 0 Å². The van der Waals surface area contributed by atoms with Gasteiger partial charge in [-0.15, -0.1) is 0 Å². The number of nitrogens with zero attached hydrogens (tertiary/aromatic N) is 1. The van der Waals surface area contributed by atoms with Crippen molar-refractivity contribution in [1.29, 1.82) is 0 Å². The predicted molar refractivity (Wildman–Crippen MR) is 72.0 cm³/mol. The minimum absolute atomic E-state index is 0.198. The van der Waals surface area contributed by atoms with Crippen LogP contribution in [0.5, 0.6) is 0 Å². The molecule has 1 heterocycles. The number of imide groups is 1. The van der Waals surface area contributed by atoms with Crippen LogP contribution in [0.25, 0.3) is 0 Å². The van der Waals surface area contributed by atoms with Crippen LogP contribution in [0.1, 0.15) is 53.3 Å². The van der Waals surface area contributed by atoms with Gasteiger partial charge in [-0.2, -0.15) is 0 Å². The summed E-state index contributed by atoms with van der Waals surface area (Å²) in [4.78, 5) is 25.4. The monoisotopic (exact) mass is 261 g/mol. The number of unbranched alkanes of at least 4 members (excludes halogenated alkanes) is 1. The lowest BCUT2D eigenvalue weighted by Gasteiger charge is -2.14. The van der Waals surface area contributed by atoms with Crippen molar-refractivity contribution in [3.63, 3.8) is 0 Å². The SMILES string of the molecule is CCC(O)CCCCN1C(=O)c2ccccc2C1=O. The number of rotatable bonds is 6. The van der Waals surface area contributed by atoms with Crippen molar-refractivity contribution in [3.05, 3.63) is 35.4 Å². The number of aliphatic hydroxyl groups is 1. The maximum Gasteiger partial charge on any atom is 0.261 e. The average molecular weight is 261 g/mol.